The Morgan fingerprint density at radius 1 is 1.13 bits per heavy atom. The van der Waals surface area contributed by atoms with Crippen molar-refractivity contribution in [2.24, 2.45) is 0 Å². The fourth-order valence-electron chi connectivity index (χ4n) is 2.09. The summed E-state index contributed by atoms with van der Waals surface area (Å²) in [6, 6.07) is 7.59. The van der Waals surface area contributed by atoms with E-state index < -0.39 is 17.6 Å². The van der Waals surface area contributed by atoms with E-state index in [1.165, 1.54) is 0 Å². The van der Waals surface area contributed by atoms with Gasteiger partial charge in [0.1, 0.15) is 5.56 Å². The molecule has 0 unspecified atom stereocenters. The Bertz CT molecular complexity index is 657. The maximum atomic E-state index is 13.0. The summed E-state index contributed by atoms with van der Waals surface area (Å²) >= 11 is 0. The van der Waals surface area contributed by atoms with Gasteiger partial charge in [-0.05, 0) is 32.9 Å². The SMILES string of the molecule is CCOc1nc(N(CC)c2ccc(C)cc2)ncc1C(F)(F)F. The molecule has 0 aliphatic carbocycles. The van der Waals surface area contributed by atoms with Gasteiger partial charge in [-0.25, -0.2) is 4.98 Å². The highest BCUT2D eigenvalue weighted by Crippen LogP contribution is 2.36. The van der Waals surface area contributed by atoms with E-state index in [1.807, 2.05) is 38.1 Å². The van der Waals surface area contributed by atoms with Gasteiger partial charge in [-0.2, -0.15) is 18.2 Å². The minimum absolute atomic E-state index is 0.0934. The minimum Gasteiger partial charge on any atom is -0.477 e. The zero-order valence-electron chi connectivity index (χ0n) is 13.2. The van der Waals surface area contributed by atoms with Gasteiger partial charge in [0.25, 0.3) is 0 Å². The fraction of sp³-hybridized carbons (Fsp3) is 0.375. The number of hydrogen-bond donors (Lipinski definition) is 0. The molecule has 0 aliphatic rings. The topological polar surface area (TPSA) is 38.2 Å². The number of nitrogens with zero attached hydrogens (tertiary/aromatic N) is 3. The van der Waals surface area contributed by atoms with E-state index in [1.54, 1.807) is 11.8 Å². The molecular weight excluding hydrogens is 307 g/mol. The van der Waals surface area contributed by atoms with Crippen molar-refractivity contribution < 1.29 is 17.9 Å². The number of aromatic nitrogens is 2. The maximum Gasteiger partial charge on any atom is 0.423 e. The van der Waals surface area contributed by atoms with Gasteiger partial charge in [0, 0.05) is 18.4 Å². The number of rotatable bonds is 5. The second-order valence-electron chi connectivity index (χ2n) is 4.90. The number of ether oxygens (including phenoxy) is 1. The molecule has 0 amide bonds. The van der Waals surface area contributed by atoms with E-state index in [0.717, 1.165) is 17.4 Å². The average Bonchev–Trinajstić information content (AvgIpc) is 2.49. The van der Waals surface area contributed by atoms with Crippen LogP contribution in [0.3, 0.4) is 0 Å². The lowest BCUT2D eigenvalue weighted by Crippen LogP contribution is -2.20. The average molecular weight is 325 g/mol. The first-order valence-corrected chi connectivity index (χ1v) is 7.28. The predicted molar refractivity (Wildman–Crippen MR) is 82.1 cm³/mol. The van der Waals surface area contributed by atoms with Crippen molar-refractivity contribution in [3.05, 3.63) is 41.6 Å². The second kappa shape index (κ2) is 6.85. The van der Waals surface area contributed by atoms with Crippen LogP contribution < -0.4 is 9.64 Å². The maximum absolute atomic E-state index is 13.0. The Kier molecular flexibility index (Phi) is 5.08. The summed E-state index contributed by atoms with van der Waals surface area (Å²) in [4.78, 5) is 9.57. The zero-order valence-corrected chi connectivity index (χ0v) is 13.2. The highest BCUT2D eigenvalue weighted by Gasteiger charge is 2.36. The molecule has 2 aromatic rings. The highest BCUT2D eigenvalue weighted by molar-refractivity contribution is 5.58. The fourth-order valence-corrected chi connectivity index (χ4v) is 2.09. The van der Waals surface area contributed by atoms with E-state index in [4.69, 9.17) is 4.74 Å². The summed E-state index contributed by atoms with van der Waals surface area (Å²) in [6.45, 7) is 6.05. The van der Waals surface area contributed by atoms with Crippen molar-refractivity contribution in [3.8, 4) is 5.88 Å². The van der Waals surface area contributed by atoms with Crippen LogP contribution in [-0.4, -0.2) is 23.1 Å². The van der Waals surface area contributed by atoms with E-state index in [-0.39, 0.29) is 12.6 Å². The molecule has 4 nitrogen and oxygen atoms in total. The summed E-state index contributed by atoms with van der Waals surface area (Å²) < 4.78 is 44.0. The number of halogens is 3. The van der Waals surface area contributed by atoms with Crippen LogP contribution in [0.15, 0.2) is 30.5 Å². The first kappa shape index (κ1) is 17.1. The van der Waals surface area contributed by atoms with Gasteiger partial charge in [-0.15, -0.1) is 0 Å². The van der Waals surface area contributed by atoms with Crippen molar-refractivity contribution in [2.45, 2.75) is 26.9 Å². The highest BCUT2D eigenvalue weighted by atomic mass is 19.4. The van der Waals surface area contributed by atoms with Gasteiger partial charge in [0.2, 0.25) is 11.8 Å². The van der Waals surface area contributed by atoms with Crippen LogP contribution >= 0.6 is 0 Å². The molecular formula is C16H18F3N3O. The number of alkyl halides is 3. The molecule has 1 aromatic heterocycles. The summed E-state index contributed by atoms with van der Waals surface area (Å²) in [5.41, 5.74) is 0.927. The molecule has 23 heavy (non-hydrogen) atoms. The lowest BCUT2D eigenvalue weighted by molar-refractivity contribution is -0.139. The zero-order chi connectivity index (χ0) is 17.0. The third-order valence-electron chi connectivity index (χ3n) is 3.23. The van der Waals surface area contributed by atoms with Crippen molar-refractivity contribution in [3.63, 3.8) is 0 Å². The number of aryl methyl sites for hydroxylation is 1. The van der Waals surface area contributed by atoms with Crippen LogP contribution in [0.1, 0.15) is 25.0 Å². The molecule has 0 saturated heterocycles. The van der Waals surface area contributed by atoms with E-state index in [2.05, 4.69) is 9.97 Å². The predicted octanol–water partition coefficient (Wildman–Crippen LogP) is 4.36. The van der Waals surface area contributed by atoms with Gasteiger partial charge in [-0.3, -0.25) is 0 Å². The Labute approximate surface area is 132 Å². The van der Waals surface area contributed by atoms with E-state index >= 15 is 0 Å². The lowest BCUT2D eigenvalue weighted by Gasteiger charge is -2.22. The number of hydrogen-bond acceptors (Lipinski definition) is 4. The molecule has 1 heterocycles. The molecule has 7 heteroatoms. The third-order valence-corrected chi connectivity index (χ3v) is 3.23. The number of benzene rings is 1. The van der Waals surface area contributed by atoms with Gasteiger partial charge in [0.15, 0.2) is 0 Å². The van der Waals surface area contributed by atoms with E-state index in [9.17, 15) is 13.2 Å². The molecule has 1 aromatic carbocycles. The molecule has 0 fully saturated rings. The largest absolute Gasteiger partial charge is 0.477 e. The van der Waals surface area contributed by atoms with Gasteiger partial charge >= 0.3 is 6.18 Å². The van der Waals surface area contributed by atoms with Gasteiger partial charge in [-0.1, -0.05) is 17.7 Å². The normalized spacial score (nSPS) is 11.4. The minimum atomic E-state index is -4.55. The lowest BCUT2D eigenvalue weighted by atomic mass is 10.2. The third kappa shape index (κ3) is 3.91. The molecule has 0 aliphatic heterocycles. The van der Waals surface area contributed by atoms with Crippen molar-refractivity contribution >= 4 is 11.6 Å². The van der Waals surface area contributed by atoms with Crippen molar-refractivity contribution in [1.29, 1.82) is 0 Å². The molecule has 0 N–H and O–H groups in total. The van der Waals surface area contributed by atoms with Crippen LogP contribution in [0.25, 0.3) is 0 Å². The smallest absolute Gasteiger partial charge is 0.423 e. The Balaban J connectivity index is 2.45. The molecule has 0 radical (unpaired) electrons. The van der Waals surface area contributed by atoms with Crippen LogP contribution in [0, 0.1) is 6.92 Å². The van der Waals surface area contributed by atoms with Crippen LogP contribution in [-0.2, 0) is 6.18 Å². The van der Waals surface area contributed by atoms with Gasteiger partial charge in [0.05, 0.1) is 6.61 Å². The summed E-state index contributed by atoms with van der Waals surface area (Å²) in [7, 11) is 0. The first-order chi connectivity index (χ1) is 10.9. The van der Waals surface area contributed by atoms with Crippen LogP contribution in [0.4, 0.5) is 24.8 Å². The van der Waals surface area contributed by atoms with Crippen LogP contribution in [0.2, 0.25) is 0 Å². The molecule has 124 valence electrons. The standard InChI is InChI=1S/C16H18F3N3O/c1-4-22(12-8-6-11(3)7-9-12)15-20-10-13(16(17,18)19)14(21-15)23-5-2/h6-10H,4-5H2,1-3H3. The monoisotopic (exact) mass is 325 g/mol. The van der Waals surface area contributed by atoms with Crippen molar-refractivity contribution in [1.82, 2.24) is 9.97 Å². The van der Waals surface area contributed by atoms with E-state index in [0.29, 0.717) is 6.54 Å². The first-order valence-electron chi connectivity index (χ1n) is 7.28. The summed E-state index contributed by atoms with van der Waals surface area (Å²) in [6.07, 6.45) is -3.78. The van der Waals surface area contributed by atoms with Crippen LogP contribution in [0.5, 0.6) is 5.88 Å². The summed E-state index contributed by atoms with van der Waals surface area (Å²) in [5, 5.41) is 0. The Hall–Kier alpha value is -2.31. The summed E-state index contributed by atoms with van der Waals surface area (Å²) in [5.74, 6) is -0.275. The molecule has 0 atom stereocenters. The Morgan fingerprint density at radius 2 is 1.78 bits per heavy atom. The molecule has 0 bridgehead atoms. The quantitative estimate of drug-likeness (QED) is 0.818. The Morgan fingerprint density at radius 3 is 2.30 bits per heavy atom. The molecule has 2 rings (SSSR count). The molecule has 0 saturated carbocycles. The van der Waals surface area contributed by atoms with Gasteiger partial charge < -0.3 is 9.64 Å². The number of anilines is 2. The second-order valence-corrected chi connectivity index (χ2v) is 4.90. The van der Waals surface area contributed by atoms with Crippen molar-refractivity contribution in [2.75, 3.05) is 18.1 Å². The molecule has 0 spiro atoms.